The molecule has 3 fully saturated rings. The monoisotopic (exact) mass is 374 g/mol. The molecule has 2 aliphatic carbocycles. The van der Waals surface area contributed by atoms with Gasteiger partial charge in [-0.15, -0.1) is 0 Å². The predicted octanol–water partition coefficient (Wildman–Crippen LogP) is 1.93. The molecule has 4 rings (SSSR count). The van der Waals surface area contributed by atoms with Crippen LogP contribution in [0.3, 0.4) is 0 Å². The van der Waals surface area contributed by atoms with Crippen LogP contribution in [0.4, 0.5) is 0 Å². The fraction of sp³-hybridized carbons (Fsp3) is 0.650. The first-order valence-corrected chi connectivity index (χ1v) is 9.86. The zero-order valence-electron chi connectivity index (χ0n) is 15.5. The summed E-state index contributed by atoms with van der Waals surface area (Å²) in [6, 6.07) is 3.31. The first-order chi connectivity index (χ1) is 13.1. The van der Waals surface area contributed by atoms with Crippen LogP contribution in [0.5, 0.6) is 0 Å². The van der Waals surface area contributed by atoms with Gasteiger partial charge in [-0.1, -0.05) is 6.42 Å². The molecule has 0 N–H and O–H groups in total. The van der Waals surface area contributed by atoms with Gasteiger partial charge in [-0.2, -0.15) is 0 Å². The molecule has 0 spiro atoms. The van der Waals surface area contributed by atoms with E-state index in [0.717, 1.165) is 12.3 Å². The molecular weight excluding hydrogens is 348 g/mol. The number of amides is 2. The lowest BCUT2D eigenvalue weighted by Crippen LogP contribution is -2.51. The van der Waals surface area contributed by atoms with Crippen LogP contribution >= 0.6 is 0 Å². The number of nitrogens with zero attached hydrogens (tertiary/aromatic N) is 2. The van der Waals surface area contributed by atoms with E-state index in [1.165, 1.54) is 25.5 Å². The molecule has 27 heavy (non-hydrogen) atoms. The van der Waals surface area contributed by atoms with Crippen LogP contribution in [0.1, 0.15) is 42.7 Å². The number of hydrogen-bond acceptors (Lipinski definition) is 5. The summed E-state index contributed by atoms with van der Waals surface area (Å²) in [5.74, 6) is 1.62. The van der Waals surface area contributed by atoms with Crippen LogP contribution < -0.4 is 0 Å². The normalized spacial score (nSPS) is 27.0. The average Bonchev–Trinajstić information content (AvgIpc) is 3.43. The third kappa shape index (κ3) is 4.01. The highest BCUT2D eigenvalue weighted by molar-refractivity contribution is 5.91. The standard InChI is InChI=1S/C20H26N2O5/c23-18(13-27-19(24)12-16-11-14-3-4-15(16)10-14)21-5-7-22(8-6-21)20(25)17-2-1-9-26-17/h1-2,9,14-16H,3-8,10-13H2/t14-,15-,16-/m1/s1. The number of hydrogen-bond donors (Lipinski definition) is 0. The van der Waals surface area contributed by atoms with Crippen LogP contribution in [0.25, 0.3) is 0 Å². The maximum atomic E-state index is 12.3. The fourth-order valence-corrected chi connectivity index (χ4v) is 4.85. The second kappa shape index (κ2) is 7.74. The molecule has 7 nitrogen and oxygen atoms in total. The van der Waals surface area contributed by atoms with Crippen LogP contribution in [-0.4, -0.2) is 60.4 Å². The molecule has 2 bridgehead atoms. The van der Waals surface area contributed by atoms with Crippen LogP contribution in [0.2, 0.25) is 0 Å². The fourth-order valence-electron chi connectivity index (χ4n) is 4.85. The van der Waals surface area contributed by atoms with Gasteiger partial charge in [0.2, 0.25) is 0 Å². The summed E-state index contributed by atoms with van der Waals surface area (Å²) in [6.07, 6.45) is 6.86. The molecule has 1 aromatic rings. The SMILES string of the molecule is O=C(C[C@H]1C[C@@H]2CC[C@@H]1C2)OCC(=O)N1CCN(C(=O)c2ccco2)CC1. The molecule has 0 unspecified atom stereocenters. The molecular formula is C20H26N2O5. The van der Waals surface area contributed by atoms with Gasteiger partial charge in [-0.25, -0.2) is 0 Å². The highest BCUT2D eigenvalue weighted by atomic mass is 16.5. The Morgan fingerprint density at radius 3 is 2.48 bits per heavy atom. The Bertz CT molecular complexity index is 693. The van der Waals surface area contributed by atoms with E-state index in [2.05, 4.69) is 0 Å². The van der Waals surface area contributed by atoms with Crippen molar-refractivity contribution in [3.05, 3.63) is 24.2 Å². The van der Waals surface area contributed by atoms with Gasteiger partial charge in [0.15, 0.2) is 12.4 Å². The molecule has 1 aliphatic heterocycles. The highest BCUT2D eigenvalue weighted by Crippen LogP contribution is 2.49. The number of piperazine rings is 1. The first kappa shape index (κ1) is 18.1. The van der Waals surface area contributed by atoms with Crippen molar-refractivity contribution in [1.29, 1.82) is 0 Å². The number of ether oxygens (including phenoxy) is 1. The van der Waals surface area contributed by atoms with E-state index in [9.17, 15) is 14.4 Å². The molecule has 3 atom stereocenters. The van der Waals surface area contributed by atoms with Crippen LogP contribution in [-0.2, 0) is 14.3 Å². The lowest BCUT2D eigenvalue weighted by molar-refractivity contribution is -0.153. The minimum Gasteiger partial charge on any atom is -0.459 e. The Balaban J connectivity index is 1.17. The zero-order valence-corrected chi connectivity index (χ0v) is 15.5. The van der Waals surface area contributed by atoms with E-state index in [-0.39, 0.29) is 24.4 Å². The van der Waals surface area contributed by atoms with Gasteiger partial charge in [0, 0.05) is 32.6 Å². The number of rotatable bonds is 5. The maximum absolute atomic E-state index is 12.3. The van der Waals surface area contributed by atoms with Crippen molar-refractivity contribution < 1.29 is 23.5 Å². The number of carbonyl (C=O) groups is 3. The lowest BCUT2D eigenvalue weighted by Gasteiger charge is -2.34. The molecule has 2 heterocycles. The van der Waals surface area contributed by atoms with Gasteiger partial charge in [0.25, 0.3) is 11.8 Å². The van der Waals surface area contributed by atoms with Crippen LogP contribution in [0, 0.1) is 17.8 Å². The van der Waals surface area contributed by atoms with Gasteiger partial charge < -0.3 is 19.0 Å². The van der Waals surface area contributed by atoms with Gasteiger partial charge in [0.1, 0.15) is 0 Å². The summed E-state index contributed by atoms with van der Waals surface area (Å²) in [7, 11) is 0. The average molecular weight is 374 g/mol. The Labute approximate surface area is 158 Å². The molecule has 146 valence electrons. The van der Waals surface area contributed by atoms with Crippen LogP contribution in [0.15, 0.2) is 22.8 Å². The summed E-state index contributed by atoms with van der Waals surface area (Å²) >= 11 is 0. The summed E-state index contributed by atoms with van der Waals surface area (Å²) in [4.78, 5) is 39.9. The van der Waals surface area contributed by atoms with Gasteiger partial charge in [-0.05, 0) is 49.1 Å². The molecule has 0 radical (unpaired) electrons. The summed E-state index contributed by atoms with van der Waals surface area (Å²) in [5, 5.41) is 0. The van der Waals surface area contributed by atoms with E-state index in [0.29, 0.717) is 50.2 Å². The van der Waals surface area contributed by atoms with E-state index >= 15 is 0 Å². The van der Waals surface area contributed by atoms with Gasteiger partial charge in [0.05, 0.1) is 6.26 Å². The second-order valence-electron chi connectivity index (χ2n) is 7.95. The maximum Gasteiger partial charge on any atom is 0.306 e. The number of furan rings is 1. The molecule has 0 aromatic carbocycles. The summed E-state index contributed by atoms with van der Waals surface area (Å²) < 4.78 is 10.4. The molecule has 1 aromatic heterocycles. The topological polar surface area (TPSA) is 80.1 Å². The first-order valence-electron chi connectivity index (χ1n) is 9.86. The number of esters is 1. The molecule has 7 heteroatoms. The Morgan fingerprint density at radius 1 is 1.07 bits per heavy atom. The Hall–Kier alpha value is -2.31. The predicted molar refractivity (Wildman–Crippen MR) is 95.7 cm³/mol. The van der Waals surface area contributed by atoms with Gasteiger partial charge in [-0.3, -0.25) is 14.4 Å². The Kier molecular flexibility index (Phi) is 5.18. The lowest BCUT2D eigenvalue weighted by atomic mass is 9.86. The van der Waals surface area contributed by atoms with Crippen molar-refractivity contribution in [1.82, 2.24) is 9.80 Å². The van der Waals surface area contributed by atoms with Crippen molar-refractivity contribution in [3.8, 4) is 0 Å². The largest absolute Gasteiger partial charge is 0.459 e. The van der Waals surface area contributed by atoms with Gasteiger partial charge >= 0.3 is 5.97 Å². The molecule has 2 saturated carbocycles. The molecule has 3 aliphatic rings. The number of fused-ring (bicyclic) bond motifs is 2. The molecule has 1 saturated heterocycles. The van der Waals surface area contributed by atoms with Crippen molar-refractivity contribution in [2.75, 3.05) is 32.8 Å². The van der Waals surface area contributed by atoms with E-state index in [4.69, 9.17) is 9.15 Å². The summed E-state index contributed by atoms with van der Waals surface area (Å²) in [5.41, 5.74) is 0. The Morgan fingerprint density at radius 2 is 1.85 bits per heavy atom. The van der Waals surface area contributed by atoms with E-state index < -0.39 is 0 Å². The molecule has 2 amide bonds. The minimum atomic E-state index is -0.257. The quantitative estimate of drug-likeness (QED) is 0.736. The van der Waals surface area contributed by atoms with Crippen molar-refractivity contribution in [3.63, 3.8) is 0 Å². The van der Waals surface area contributed by atoms with Crippen molar-refractivity contribution in [2.24, 2.45) is 17.8 Å². The zero-order chi connectivity index (χ0) is 18.8. The third-order valence-electron chi connectivity index (χ3n) is 6.32. The van der Waals surface area contributed by atoms with Crippen molar-refractivity contribution >= 4 is 17.8 Å². The van der Waals surface area contributed by atoms with E-state index in [1.54, 1.807) is 21.9 Å². The summed E-state index contributed by atoms with van der Waals surface area (Å²) in [6.45, 7) is 1.57. The number of carbonyl (C=O) groups excluding carboxylic acids is 3. The van der Waals surface area contributed by atoms with Crippen molar-refractivity contribution in [2.45, 2.75) is 32.1 Å². The smallest absolute Gasteiger partial charge is 0.306 e. The minimum absolute atomic E-state index is 0.163. The van der Waals surface area contributed by atoms with E-state index in [1.807, 2.05) is 0 Å². The second-order valence-corrected chi connectivity index (χ2v) is 7.95. The highest BCUT2D eigenvalue weighted by Gasteiger charge is 2.40. The third-order valence-corrected chi connectivity index (χ3v) is 6.32.